The molecule has 1 aromatic carbocycles. The van der Waals surface area contributed by atoms with Gasteiger partial charge in [0, 0.05) is 11.6 Å². The highest BCUT2D eigenvalue weighted by atomic mass is 16.4. The van der Waals surface area contributed by atoms with Gasteiger partial charge in [0.2, 0.25) is 5.39 Å². The minimum absolute atomic E-state index is 0.130. The van der Waals surface area contributed by atoms with Crippen molar-refractivity contribution in [1.82, 2.24) is 0 Å². The number of hydrogen-bond acceptors (Lipinski definition) is 2. The molecule has 0 saturated heterocycles. The molecule has 0 atom stereocenters. The number of carboxylic acids is 1. The Morgan fingerprint density at radius 2 is 2.31 bits per heavy atom. The molecule has 0 fully saturated rings. The summed E-state index contributed by atoms with van der Waals surface area (Å²) in [6.45, 7) is 1.91. The predicted octanol–water partition coefficient (Wildman–Crippen LogP) is 2.43. The lowest BCUT2D eigenvalue weighted by Gasteiger charge is -1.93. The van der Waals surface area contributed by atoms with Crippen molar-refractivity contribution in [2.45, 2.75) is 13.3 Å². The molecule has 1 rings (SSSR count). The Morgan fingerprint density at radius 3 is 2.77 bits per heavy atom. The summed E-state index contributed by atoms with van der Waals surface area (Å²) in [6, 6.07) is 4.50. The monoisotopic (exact) mass is 177 g/mol. The normalized spacial score (nSPS) is 9.23. The minimum Gasteiger partial charge on any atom is -0.478 e. The maximum atomic E-state index is 10.5. The maximum absolute atomic E-state index is 10.5. The minimum atomic E-state index is -1.02. The van der Waals surface area contributed by atoms with Gasteiger partial charge < -0.3 is 5.11 Å². The van der Waals surface area contributed by atoms with E-state index in [-0.39, 0.29) is 5.56 Å². The second kappa shape index (κ2) is 3.68. The van der Waals surface area contributed by atoms with E-state index in [1.807, 2.05) is 6.92 Å². The molecule has 0 radical (unpaired) electrons. The summed E-state index contributed by atoms with van der Waals surface area (Å²) in [7, 11) is 0. The smallest absolute Gasteiger partial charge is 0.389 e. The molecule has 0 unspecified atom stereocenters. The van der Waals surface area contributed by atoms with Crippen LogP contribution in [0.5, 0.6) is 0 Å². The van der Waals surface area contributed by atoms with E-state index < -0.39 is 5.97 Å². The molecule has 4 nitrogen and oxygen atoms in total. The van der Waals surface area contributed by atoms with E-state index >= 15 is 0 Å². The first kappa shape index (κ1) is 9.20. The highest BCUT2D eigenvalue weighted by Crippen LogP contribution is 2.21. The van der Waals surface area contributed by atoms with Crippen LogP contribution >= 0.6 is 0 Å². The average Bonchev–Trinajstić information content (AvgIpc) is 2.16. The third kappa shape index (κ3) is 1.82. The Morgan fingerprint density at radius 1 is 1.62 bits per heavy atom. The van der Waals surface area contributed by atoms with E-state index in [1.54, 1.807) is 6.07 Å². The predicted molar refractivity (Wildman–Crippen MR) is 47.5 cm³/mol. The van der Waals surface area contributed by atoms with Crippen LogP contribution in [0.25, 0.3) is 4.98 Å². The maximum Gasteiger partial charge on any atom is 0.389 e. The lowest BCUT2D eigenvalue weighted by atomic mass is 10.1. The van der Waals surface area contributed by atoms with Crippen LogP contribution in [0.4, 0.5) is 5.69 Å². The van der Waals surface area contributed by atoms with Crippen LogP contribution in [0.15, 0.2) is 18.2 Å². The van der Waals surface area contributed by atoms with Gasteiger partial charge in [0.1, 0.15) is 0 Å². The van der Waals surface area contributed by atoms with Gasteiger partial charge in [-0.2, -0.15) is 0 Å². The standard InChI is InChI=1S/C9H8N2O2/c1-2-6-3-4-7(9(12)13)5-8(6)11-10/h3-5H,2H2,1H3/p+1. The van der Waals surface area contributed by atoms with E-state index in [2.05, 4.69) is 4.98 Å². The van der Waals surface area contributed by atoms with Crippen LogP contribution in [0.1, 0.15) is 22.8 Å². The van der Waals surface area contributed by atoms with Gasteiger partial charge >= 0.3 is 11.7 Å². The summed E-state index contributed by atoms with van der Waals surface area (Å²) in [5.74, 6) is -1.02. The van der Waals surface area contributed by atoms with Crippen molar-refractivity contribution >= 4 is 11.7 Å². The molecule has 1 aromatic rings. The Labute approximate surface area is 75.4 Å². The molecule has 0 bridgehead atoms. The van der Waals surface area contributed by atoms with Gasteiger partial charge in [0.05, 0.1) is 5.56 Å². The summed E-state index contributed by atoms with van der Waals surface area (Å²) in [6.07, 6.45) is 0.708. The lowest BCUT2D eigenvalue weighted by molar-refractivity contribution is 0.0697. The summed E-state index contributed by atoms with van der Waals surface area (Å²) in [4.78, 5) is 13.6. The number of hydrogen-bond donors (Lipinski definition) is 1. The van der Waals surface area contributed by atoms with Gasteiger partial charge in [-0.25, -0.2) is 4.79 Å². The fourth-order valence-corrected chi connectivity index (χ4v) is 1.09. The fraction of sp³-hybridized carbons (Fsp3) is 0.222. The third-order valence-corrected chi connectivity index (χ3v) is 1.82. The number of nitrogens with zero attached hydrogens (tertiary/aromatic N) is 2. The lowest BCUT2D eigenvalue weighted by Crippen LogP contribution is -1.96. The molecule has 0 heterocycles. The highest BCUT2D eigenvalue weighted by Gasteiger charge is 2.15. The second-order valence-corrected chi connectivity index (χ2v) is 2.60. The fourth-order valence-electron chi connectivity index (χ4n) is 1.09. The largest absolute Gasteiger partial charge is 0.478 e. The van der Waals surface area contributed by atoms with Gasteiger partial charge in [-0.15, -0.1) is 0 Å². The highest BCUT2D eigenvalue weighted by molar-refractivity contribution is 5.89. The van der Waals surface area contributed by atoms with E-state index in [9.17, 15) is 4.79 Å². The zero-order valence-electron chi connectivity index (χ0n) is 7.19. The number of aromatic carboxylic acids is 1. The molecule has 0 saturated carbocycles. The number of aryl methyl sites for hydroxylation is 1. The molecular formula is C9H9N2O2+. The number of carbonyl (C=O) groups is 1. The van der Waals surface area contributed by atoms with E-state index in [0.717, 1.165) is 5.56 Å². The third-order valence-electron chi connectivity index (χ3n) is 1.82. The van der Waals surface area contributed by atoms with E-state index in [0.29, 0.717) is 12.1 Å². The van der Waals surface area contributed by atoms with Gasteiger partial charge in [-0.05, 0) is 12.5 Å². The molecule has 13 heavy (non-hydrogen) atoms. The number of diazo groups is 1. The molecule has 66 valence electrons. The van der Waals surface area contributed by atoms with Gasteiger partial charge in [0.15, 0.2) is 4.98 Å². The van der Waals surface area contributed by atoms with Crippen molar-refractivity contribution in [3.63, 3.8) is 0 Å². The molecule has 0 aliphatic carbocycles. The number of benzene rings is 1. The van der Waals surface area contributed by atoms with E-state index in [1.165, 1.54) is 12.1 Å². The molecule has 0 aliphatic rings. The number of carboxylic acid groups (broad SMARTS) is 1. The summed E-state index contributed by atoms with van der Waals surface area (Å²) < 4.78 is 0. The van der Waals surface area contributed by atoms with Crippen molar-refractivity contribution < 1.29 is 9.90 Å². The Balaban J connectivity index is 3.23. The quantitative estimate of drug-likeness (QED) is 0.705. The Hall–Kier alpha value is -1.89. The van der Waals surface area contributed by atoms with Crippen LogP contribution in [0.2, 0.25) is 0 Å². The zero-order valence-corrected chi connectivity index (χ0v) is 7.19. The zero-order chi connectivity index (χ0) is 9.84. The molecule has 0 spiro atoms. The average molecular weight is 177 g/mol. The Bertz CT molecular complexity index is 380. The first-order chi connectivity index (χ1) is 6.19. The Kier molecular flexibility index (Phi) is 2.60. The van der Waals surface area contributed by atoms with Crippen LogP contribution in [-0.4, -0.2) is 11.1 Å². The van der Waals surface area contributed by atoms with Crippen molar-refractivity contribution in [3.05, 3.63) is 34.3 Å². The van der Waals surface area contributed by atoms with Gasteiger partial charge in [0.25, 0.3) is 0 Å². The summed E-state index contributed by atoms with van der Waals surface area (Å²) in [5, 5.41) is 17.2. The summed E-state index contributed by atoms with van der Waals surface area (Å²) >= 11 is 0. The first-order valence-corrected chi connectivity index (χ1v) is 3.90. The van der Waals surface area contributed by atoms with Crippen LogP contribution in [0.3, 0.4) is 0 Å². The second-order valence-electron chi connectivity index (χ2n) is 2.60. The van der Waals surface area contributed by atoms with E-state index in [4.69, 9.17) is 10.5 Å². The topological polar surface area (TPSA) is 65.4 Å². The van der Waals surface area contributed by atoms with Crippen molar-refractivity contribution in [2.24, 2.45) is 0 Å². The molecular weight excluding hydrogens is 168 g/mol. The van der Waals surface area contributed by atoms with Crippen molar-refractivity contribution in [1.29, 1.82) is 5.39 Å². The number of rotatable bonds is 2. The molecule has 0 amide bonds. The van der Waals surface area contributed by atoms with Crippen LogP contribution in [0, 0.1) is 5.39 Å². The first-order valence-electron chi connectivity index (χ1n) is 3.90. The molecule has 4 heteroatoms. The van der Waals surface area contributed by atoms with Crippen LogP contribution < -0.4 is 0 Å². The SMILES string of the molecule is CCc1ccc(C(=O)O)cc1[N+]#N. The molecule has 0 aliphatic heterocycles. The van der Waals surface area contributed by atoms with Crippen molar-refractivity contribution in [3.8, 4) is 0 Å². The van der Waals surface area contributed by atoms with Crippen molar-refractivity contribution in [2.75, 3.05) is 0 Å². The molecule has 1 N–H and O–H groups in total. The van der Waals surface area contributed by atoms with Gasteiger partial charge in [-0.3, -0.25) is 0 Å². The van der Waals surface area contributed by atoms with Crippen LogP contribution in [-0.2, 0) is 6.42 Å². The summed E-state index contributed by atoms with van der Waals surface area (Å²) in [5.41, 5.74) is 1.28. The molecule has 0 aromatic heterocycles. The van der Waals surface area contributed by atoms with Gasteiger partial charge in [-0.1, -0.05) is 13.0 Å².